The molecule has 0 spiro atoms. The van der Waals surface area contributed by atoms with Crippen molar-refractivity contribution in [3.63, 3.8) is 0 Å². The van der Waals surface area contributed by atoms with Gasteiger partial charge in [0.15, 0.2) is 0 Å². The SMILES string of the molecule is CCc1c(C)c(C)cc(C)c1C. The smallest absolute Gasteiger partial charge is 0.0302 e. The lowest BCUT2D eigenvalue weighted by molar-refractivity contribution is 1.05. The molecule has 0 aliphatic heterocycles. The second-order valence-corrected chi connectivity index (χ2v) is 3.59. The molecule has 0 bridgehead atoms. The summed E-state index contributed by atoms with van der Waals surface area (Å²) in [7, 11) is 0. The second-order valence-electron chi connectivity index (χ2n) is 3.59. The maximum absolute atomic E-state index is 2.28. The van der Waals surface area contributed by atoms with E-state index >= 15 is 0 Å². The molecule has 0 atom stereocenters. The fraction of sp³-hybridized carbons (Fsp3) is 0.500. The lowest BCUT2D eigenvalue weighted by Gasteiger charge is -2.13. The van der Waals surface area contributed by atoms with Gasteiger partial charge in [0, 0.05) is 0 Å². The second kappa shape index (κ2) is 3.30. The molecule has 12 heavy (non-hydrogen) atoms. The number of benzene rings is 1. The van der Waals surface area contributed by atoms with Crippen LogP contribution >= 0.6 is 0 Å². The number of hydrogen-bond donors (Lipinski definition) is 0. The van der Waals surface area contributed by atoms with Gasteiger partial charge in [0.25, 0.3) is 0 Å². The van der Waals surface area contributed by atoms with Gasteiger partial charge in [0.05, 0.1) is 0 Å². The molecular formula is C12H18. The quantitative estimate of drug-likeness (QED) is 0.593. The molecule has 0 aromatic heterocycles. The zero-order chi connectivity index (χ0) is 9.30. The van der Waals surface area contributed by atoms with Crippen molar-refractivity contribution in [2.75, 3.05) is 0 Å². The summed E-state index contributed by atoms with van der Waals surface area (Å²) in [5, 5.41) is 0. The topological polar surface area (TPSA) is 0 Å². The Morgan fingerprint density at radius 1 is 0.917 bits per heavy atom. The van der Waals surface area contributed by atoms with Gasteiger partial charge in [-0.25, -0.2) is 0 Å². The zero-order valence-corrected chi connectivity index (χ0v) is 8.78. The highest BCUT2D eigenvalue weighted by Crippen LogP contribution is 2.21. The molecule has 66 valence electrons. The molecule has 0 aliphatic rings. The summed E-state index contributed by atoms with van der Waals surface area (Å²) in [5.41, 5.74) is 7.33. The van der Waals surface area contributed by atoms with Crippen molar-refractivity contribution in [3.8, 4) is 0 Å². The maximum Gasteiger partial charge on any atom is -0.0302 e. The Hall–Kier alpha value is -0.780. The van der Waals surface area contributed by atoms with Crippen LogP contribution in [0.25, 0.3) is 0 Å². The number of hydrogen-bond acceptors (Lipinski definition) is 0. The third kappa shape index (κ3) is 1.38. The van der Waals surface area contributed by atoms with Crippen LogP contribution in [-0.4, -0.2) is 0 Å². The van der Waals surface area contributed by atoms with Gasteiger partial charge in [-0.1, -0.05) is 13.0 Å². The van der Waals surface area contributed by atoms with Crippen molar-refractivity contribution in [3.05, 3.63) is 33.9 Å². The molecule has 0 N–H and O–H groups in total. The fourth-order valence-electron chi connectivity index (χ4n) is 1.83. The van der Waals surface area contributed by atoms with E-state index in [2.05, 4.69) is 40.7 Å². The molecule has 0 saturated heterocycles. The van der Waals surface area contributed by atoms with Crippen molar-refractivity contribution >= 4 is 0 Å². The Bertz CT molecular complexity index is 269. The molecule has 0 heteroatoms. The molecule has 1 aromatic carbocycles. The third-order valence-corrected chi connectivity index (χ3v) is 2.87. The highest BCUT2D eigenvalue weighted by molar-refractivity contribution is 5.43. The Labute approximate surface area is 75.6 Å². The highest BCUT2D eigenvalue weighted by atomic mass is 14.1. The molecule has 1 aromatic rings. The van der Waals surface area contributed by atoms with Crippen molar-refractivity contribution in [1.29, 1.82) is 0 Å². The van der Waals surface area contributed by atoms with E-state index in [-0.39, 0.29) is 0 Å². The van der Waals surface area contributed by atoms with Crippen LogP contribution in [0.3, 0.4) is 0 Å². The molecule has 0 nitrogen and oxygen atoms in total. The standard InChI is InChI=1S/C12H18/c1-6-12-10(4)8(2)7-9(3)11(12)5/h7H,6H2,1-5H3. The van der Waals surface area contributed by atoms with E-state index in [9.17, 15) is 0 Å². The van der Waals surface area contributed by atoms with E-state index in [1.54, 1.807) is 0 Å². The maximum atomic E-state index is 2.28. The average Bonchev–Trinajstić information content (AvgIpc) is 2.02. The minimum atomic E-state index is 1.15. The van der Waals surface area contributed by atoms with E-state index < -0.39 is 0 Å². The molecule has 0 radical (unpaired) electrons. The predicted molar refractivity (Wildman–Crippen MR) is 54.8 cm³/mol. The zero-order valence-electron chi connectivity index (χ0n) is 8.78. The average molecular weight is 162 g/mol. The van der Waals surface area contributed by atoms with Crippen LogP contribution < -0.4 is 0 Å². The van der Waals surface area contributed by atoms with Crippen LogP contribution in [0.5, 0.6) is 0 Å². The third-order valence-electron chi connectivity index (χ3n) is 2.87. The van der Waals surface area contributed by atoms with Crippen LogP contribution in [0, 0.1) is 27.7 Å². The van der Waals surface area contributed by atoms with Gasteiger partial charge in [-0.3, -0.25) is 0 Å². The van der Waals surface area contributed by atoms with E-state index in [1.807, 2.05) is 0 Å². The van der Waals surface area contributed by atoms with Gasteiger partial charge in [-0.05, 0) is 61.9 Å². The van der Waals surface area contributed by atoms with Gasteiger partial charge >= 0.3 is 0 Å². The lowest BCUT2D eigenvalue weighted by atomic mass is 9.93. The van der Waals surface area contributed by atoms with Crippen LogP contribution in [0.4, 0.5) is 0 Å². The van der Waals surface area contributed by atoms with Crippen molar-refractivity contribution in [2.45, 2.75) is 41.0 Å². The monoisotopic (exact) mass is 162 g/mol. The first-order valence-electron chi connectivity index (χ1n) is 4.64. The highest BCUT2D eigenvalue weighted by Gasteiger charge is 2.05. The first-order valence-corrected chi connectivity index (χ1v) is 4.64. The Kier molecular flexibility index (Phi) is 2.56. The van der Waals surface area contributed by atoms with Gasteiger partial charge in [0.1, 0.15) is 0 Å². The van der Waals surface area contributed by atoms with Crippen LogP contribution in [0.2, 0.25) is 0 Å². The van der Waals surface area contributed by atoms with E-state index in [1.165, 1.54) is 27.8 Å². The first kappa shape index (κ1) is 9.31. The molecule has 0 fully saturated rings. The van der Waals surface area contributed by atoms with Crippen molar-refractivity contribution in [2.24, 2.45) is 0 Å². The van der Waals surface area contributed by atoms with Crippen molar-refractivity contribution in [1.82, 2.24) is 0 Å². The minimum absolute atomic E-state index is 1.15. The Morgan fingerprint density at radius 2 is 1.33 bits per heavy atom. The van der Waals surface area contributed by atoms with Gasteiger partial charge in [-0.15, -0.1) is 0 Å². The van der Waals surface area contributed by atoms with E-state index in [0.29, 0.717) is 0 Å². The molecule has 0 unspecified atom stereocenters. The summed E-state index contributed by atoms with van der Waals surface area (Å²) in [5.74, 6) is 0. The number of aryl methyl sites for hydroxylation is 2. The van der Waals surface area contributed by atoms with E-state index in [0.717, 1.165) is 6.42 Å². The summed E-state index contributed by atoms with van der Waals surface area (Å²) in [6, 6.07) is 2.28. The molecular weight excluding hydrogens is 144 g/mol. The van der Waals surface area contributed by atoms with Crippen LogP contribution in [-0.2, 0) is 6.42 Å². The van der Waals surface area contributed by atoms with Crippen LogP contribution in [0.1, 0.15) is 34.7 Å². The molecule has 0 amide bonds. The largest absolute Gasteiger partial charge is 0.0613 e. The molecule has 0 aliphatic carbocycles. The Morgan fingerprint density at radius 3 is 1.67 bits per heavy atom. The number of rotatable bonds is 1. The fourth-order valence-corrected chi connectivity index (χ4v) is 1.83. The van der Waals surface area contributed by atoms with E-state index in [4.69, 9.17) is 0 Å². The predicted octanol–water partition coefficient (Wildman–Crippen LogP) is 3.48. The minimum Gasteiger partial charge on any atom is -0.0613 e. The molecule has 1 rings (SSSR count). The summed E-state index contributed by atoms with van der Waals surface area (Å²) in [4.78, 5) is 0. The lowest BCUT2D eigenvalue weighted by Crippen LogP contribution is -1.97. The van der Waals surface area contributed by atoms with Crippen molar-refractivity contribution < 1.29 is 0 Å². The summed E-state index contributed by atoms with van der Waals surface area (Å²) >= 11 is 0. The summed E-state index contributed by atoms with van der Waals surface area (Å²) < 4.78 is 0. The summed E-state index contributed by atoms with van der Waals surface area (Å²) in [6.07, 6.45) is 1.15. The molecule has 0 heterocycles. The first-order chi connectivity index (χ1) is 5.57. The van der Waals surface area contributed by atoms with Gasteiger partial charge in [0.2, 0.25) is 0 Å². The summed E-state index contributed by atoms with van der Waals surface area (Å²) in [6.45, 7) is 11.1. The Balaban J connectivity index is 3.42. The normalized spacial score (nSPS) is 10.4. The van der Waals surface area contributed by atoms with Gasteiger partial charge < -0.3 is 0 Å². The van der Waals surface area contributed by atoms with Crippen LogP contribution in [0.15, 0.2) is 6.07 Å². The van der Waals surface area contributed by atoms with Gasteiger partial charge in [-0.2, -0.15) is 0 Å². The molecule has 0 saturated carbocycles.